The van der Waals surface area contributed by atoms with Crippen LogP contribution in [0.4, 0.5) is 0 Å². The average Bonchev–Trinajstić information content (AvgIpc) is 2.75. The molecule has 0 aromatic heterocycles. The second-order valence-electron chi connectivity index (χ2n) is 4.51. The summed E-state index contributed by atoms with van der Waals surface area (Å²) in [5.41, 5.74) is 1.89. The number of esters is 1. The van der Waals surface area contributed by atoms with Crippen LogP contribution in [0.25, 0.3) is 6.08 Å². The molecule has 0 spiro atoms. The van der Waals surface area contributed by atoms with Crippen LogP contribution in [0.2, 0.25) is 0 Å². The zero-order valence-electron chi connectivity index (χ0n) is 12.2. The number of hydrogen-bond acceptors (Lipinski definition) is 4. The van der Waals surface area contributed by atoms with Crippen LogP contribution in [-0.4, -0.2) is 25.6 Å². The highest BCUT2D eigenvalue weighted by molar-refractivity contribution is 6.16. The van der Waals surface area contributed by atoms with Crippen LogP contribution < -0.4 is 10.1 Å². The van der Waals surface area contributed by atoms with E-state index in [0.29, 0.717) is 17.9 Å². The highest BCUT2D eigenvalue weighted by Gasteiger charge is 2.30. The third-order valence-electron chi connectivity index (χ3n) is 3.08. The number of carbonyl (C=O) groups is 2. The number of amides is 1. The molecule has 5 nitrogen and oxygen atoms in total. The molecular formula is C16H17NO4. The van der Waals surface area contributed by atoms with Crippen molar-refractivity contribution in [1.29, 1.82) is 0 Å². The predicted molar refractivity (Wildman–Crippen MR) is 78.4 cm³/mol. The minimum atomic E-state index is -0.525. The normalized spacial score (nSPS) is 16.1. The van der Waals surface area contributed by atoms with Gasteiger partial charge in [-0.2, -0.15) is 0 Å². The number of allylic oxidation sites excluding steroid dienone is 1. The molecule has 2 rings (SSSR count). The molecule has 0 aliphatic carbocycles. The predicted octanol–water partition coefficient (Wildman–Crippen LogP) is 2.05. The van der Waals surface area contributed by atoms with Gasteiger partial charge < -0.3 is 14.8 Å². The van der Waals surface area contributed by atoms with Gasteiger partial charge in [0.15, 0.2) is 0 Å². The van der Waals surface area contributed by atoms with Gasteiger partial charge in [-0.25, -0.2) is 4.79 Å². The Kier molecular flexibility index (Phi) is 4.42. The van der Waals surface area contributed by atoms with Gasteiger partial charge in [0.2, 0.25) is 0 Å². The fourth-order valence-electron chi connectivity index (χ4n) is 2.11. The minimum Gasteiger partial charge on any atom is -0.494 e. The Morgan fingerprint density at radius 2 is 1.95 bits per heavy atom. The maximum Gasteiger partial charge on any atom is 0.340 e. The Bertz CT molecular complexity index is 626. The SMILES string of the molecule is CCOc1ccc(/C=C2/C(=O)NC(C)=C2C(=O)OC)cc1. The van der Waals surface area contributed by atoms with Crippen molar-refractivity contribution in [1.82, 2.24) is 5.32 Å². The molecule has 21 heavy (non-hydrogen) atoms. The first kappa shape index (κ1) is 14.8. The van der Waals surface area contributed by atoms with E-state index >= 15 is 0 Å². The molecule has 1 N–H and O–H groups in total. The zero-order chi connectivity index (χ0) is 15.4. The van der Waals surface area contributed by atoms with Crippen molar-refractivity contribution in [2.24, 2.45) is 0 Å². The molecule has 1 aromatic rings. The maximum absolute atomic E-state index is 11.9. The van der Waals surface area contributed by atoms with Gasteiger partial charge in [-0.3, -0.25) is 4.79 Å². The van der Waals surface area contributed by atoms with E-state index < -0.39 is 5.97 Å². The van der Waals surface area contributed by atoms with Crippen molar-refractivity contribution in [3.8, 4) is 5.75 Å². The second-order valence-corrected chi connectivity index (χ2v) is 4.51. The summed E-state index contributed by atoms with van der Waals surface area (Å²) >= 11 is 0. The Hall–Kier alpha value is -2.56. The summed E-state index contributed by atoms with van der Waals surface area (Å²) in [6.45, 7) is 4.18. The van der Waals surface area contributed by atoms with Crippen molar-refractivity contribution in [3.05, 3.63) is 46.7 Å². The molecule has 1 amide bonds. The molecule has 1 aliphatic rings. The van der Waals surface area contributed by atoms with E-state index in [2.05, 4.69) is 5.32 Å². The molecule has 0 bridgehead atoms. The maximum atomic E-state index is 11.9. The van der Waals surface area contributed by atoms with E-state index in [4.69, 9.17) is 9.47 Å². The smallest absolute Gasteiger partial charge is 0.340 e. The highest BCUT2D eigenvalue weighted by atomic mass is 16.5. The summed E-state index contributed by atoms with van der Waals surface area (Å²) in [4.78, 5) is 23.7. The number of methoxy groups -OCH3 is 1. The molecule has 1 heterocycles. The first-order chi connectivity index (χ1) is 10.1. The lowest BCUT2D eigenvalue weighted by Gasteiger charge is -2.04. The van der Waals surface area contributed by atoms with Gasteiger partial charge in [-0.1, -0.05) is 12.1 Å². The van der Waals surface area contributed by atoms with Gasteiger partial charge in [0.05, 0.1) is 24.9 Å². The molecular weight excluding hydrogens is 270 g/mol. The largest absolute Gasteiger partial charge is 0.494 e. The Morgan fingerprint density at radius 3 is 2.52 bits per heavy atom. The van der Waals surface area contributed by atoms with E-state index in [1.54, 1.807) is 13.0 Å². The van der Waals surface area contributed by atoms with Gasteiger partial charge in [0.1, 0.15) is 5.75 Å². The van der Waals surface area contributed by atoms with Gasteiger partial charge in [0.25, 0.3) is 5.91 Å². The van der Waals surface area contributed by atoms with Crippen LogP contribution >= 0.6 is 0 Å². The van der Waals surface area contributed by atoms with Crippen LogP contribution in [0.5, 0.6) is 5.75 Å². The molecule has 0 atom stereocenters. The monoisotopic (exact) mass is 287 g/mol. The quantitative estimate of drug-likeness (QED) is 0.680. The first-order valence-corrected chi connectivity index (χ1v) is 6.62. The summed E-state index contributed by atoms with van der Waals surface area (Å²) in [6, 6.07) is 7.29. The van der Waals surface area contributed by atoms with Gasteiger partial charge in [0, 0.05) is 5.70 Å². The molecule has 1 aliphatic heterocycles. The third-order valence-corrected chi connectivity index (χ3v) is 3.08. The Labute approximate surface area is 123 Å². The summed E-state index contributed by atoms with van der Waals surface area (Å²) in [5, 5.41) is 2.63. The van der Waals surface area contributed by atoms with E-state index in [1.165, 1.54) is 7.11 Å². The fraction of sp³-hybridized carbons (Fsp3) is 0.250. The molecule has 0 radical (unpaired) electrons. The standard InChI is InChI=1S/C16H17NO4/c1-4-21-12-7-5-11(6-8-12)9-13-14(16(19)20-3)10(2)17-15(13)18/h5-9H,4H2,1-3H3,(H,17,18)/b13-9+. The number of nitrogens with one attached hydrogen (secondary N) is 1. The molecule has 1 aromatic carbocycles. The number of rotatable bonds is 4. The second kappa shape index (κ2) is 6.26. The summed E-state index contributed by atoms with van der Waals surface area (Å²) in [7, 11) is 1.29. The topological polar surface area (TPSA) is 64.6 Å². The minimum absolute atomic E-state index is 0.274. The lowest BCUT2D eigenvalue weighted by atomic mass is 10.0. The van der Waals surface area contributed by atoms with Crippen molar-refractivity contribution in [2.75, 3.05) is 13.7 Å². The Morgan fingerprint density at radius 1 is 1.29 bits per heavy atom. The number of carbonyl (C=O) groups excluding carboxylic acids is 2. The van der Waals surface area contributed by atoms with Crippen LogP contribution in [0.1, 0.15) is 19.4 Å². The molecule has 5 heteroatoms. The van der Waals surface area contributed by atoms with Crippen molar-refractivity contribution >= 4 is 18.0 Å². The van der Waals surface area contributed by atoms with Crippen molar-refractivity contribution < 1.29 is 19.1 Å². The third kappa shape index (κ3) is 3.13. The highest BCUT2D eigenvalue weighted by Crippen LogP contribution is 2.25. The summed E-state index contributed by atoms with van der Waals surface area (Å²) < 4.78 is 10.1. The molecule has 0 saturated heterocycles. The zero-order valence-corrected chi connectivity index (χ0v) is 12.2. The van der Waals surface area contributed by atoms with Crippen molar-refractivity contribution in [3.63, 3.8) is 0 Å². The fourth-order valence-corrected chi connectivity index (χ4v) is 2.11. The van der Waals surface area contributed by atoms with Gasteiger partial charge in [-0.15, -0.1) is 0 Å². The lowest BCUT2D eigenvalue weighted by molar-refractivity contribution is -0.136. The first-order valence-electron chi connectivity index (χ1n) is 6.62. The Balaban J connectivity index is 2.34. The summed E-state index contributed by atoms with van der Waals surface area (Å²) in [6.07, 6.45) is 1.66. The van der Waals surface area contributed by atoms with Crippen molar-refractivity contribution in [2.45, 2.75) is 13.8 Å². The van der Waals surface area contributed by atoms with E-state index in [1.807, 2.05) is 31.2 Å². The number of benzene rings is 1. The van der Waals surface area contributed by atoms with E-state index in [-0.39, 0.29) is 11.5 Å². The van der Waals surface area contributed by atoms with Gasteiger partial charge >= 0.3 is 5.97 Å². The number of hydrogen-bond donors (Lipinski definition) is 1. The van der Waals surface area contributed by atoms with Crippen LogP contribution in [-0.2, 0) is 14.3 Å². The average molecular weight is 287 g/mol. The lowest BCUT2D eigenvalue weighted by Crippen LogP contribution is -2.15. The molecule has 0 fully saturated rings. The summed E-state index contributed by atoms with van der Waals surface area (Å²) in [5.74, 6) is -0.0692. The van der Waals surface area contributed by atoms with E-state index in [0.717, 1.165) is 11.3 Å². The molecule has 0 unspecified atom stereocenters. The molecule has 110 valence electrons. The molecule has 0 saturated carbocycles. The number of ether oxygens (including phenoxy) is 2. The van der Waals surface area contributed by atoms with Crippen LogP contribution in [0.3, 0.4) is 0 Å². The van der Waals surface area contributed by atoms with Crippen LogP contribution in [0.15, 0.2) is 41.1 Å². The van der Waals surface area contributed by atoms with Gasteiger partial charge in [-0.05, 0) is 37.6 Å². The van der Waals surface area contributed by atoms with Crippen LogP contribution in [0, 0.1) is 0 Å². The van der Waals surface area contributed by atoms with E-state index in [9.17, 15) is 9.59 Å².